The van der Waals surface area contributed by atoms with E-state index in [0.29, 0.717) is 41.9 Å². The third-order valence-electron chi connectivity index (χ3n) is 4.64. The lowest BCUT2D eigenvalue weighted by Crippen LogP contribution is -2.04. The molecule has 0 aliphatic carbocycles. The number of halogens is 1. The summed E-state index contributed by atoms with van der Waals surface area (Å²) in [5, 5.41) is 3.84. The van der Waals surface area contributed by atoms with Crippen LogP contribution < -0.4 is 15.8 Å². The molecular formula is C24H27ClN4O3. The first-order valence-corrected chi connectivity index (χ1v) is 10.9. The number of carbonyl (C=O) groups is 1. The molecule has 0 aliphatic heterocycles. The van der Waals surface area contributed by atoms with Gasteiger partial charge in [0.2, 0.25) is 5.95 Å². The van der Waals surface area contributed by atoms with Crippen molar-refractivity contribution in [2.24, 2.45) is 0 Å². The minimum atomic E-state index is -0.157. The molecule has 0 radical (unpaired) electrons. The zero-order chi connectivity index (χ0) is 22.9. The summed E-state index contributed by atoms with van der Waals surface area (Å²) in [6.07, 6.45) is 1.97. The van der Waals surface area contributed by atoms with Crippen LogP contribution in [0.5, 0.6) is 5.75 Å². The van der Waals surface area contributed by atoms with Crippen LogP contribution in [-0.4, -0.2) is 29.2 Å². The van der Waals surface area contributed by atoms with Gasteiger partial charge < -0.3 is 20.5 Å². The van der Waals surface area contributed by atoms with E-state index < -0.39 is 0 Å². The van der Waals surface area contributed by atoms with Crippen LogP contribution >= 0.6 is 11.6 Å². The predicted octanol–water partition coefficient (Wildman–Crippen LogP) is 5.41. The molecule has 168 valence electrons. The molecule has 7 nitrogen and oxygen atoms in total. The summed E-state index contributed by atoms with van der Waals surface area (Å²) in [6.45, 7) is 4.66. The highest BCUT2D eigenvalue weighted by molar-refractivity contribution is 6.31. The molecule has 3 N–H and O–H groups in total. The van der Waals surface area contributed by atoms with Gasteiger partial charge >= 0.3 is 5.97 Å². The SMILES string of the molecule is CCOC(=O)CCCc1ccc(Nc2cc(-c3cc(Cl)ccc3OCC)nc(N)n2)cc1. The third-order valence-corrected chi connectivity index (χ3v) is 4.87. The fourth-order valence-electron chi connectivity index (χ4n) is 3.22. The standard InChI is InChI=1S/C24H27ClN4O3/c1-3-31-21-13-10-17(25)14-19(21)20-15-22(29-24(26)28-20)27-18-11-8-16(9-12-18)6-5-7-23(30)32-4-2/h8-15H,3-7H2,1-2H3,(H3,26,27,28,29). The number of esters is 1. The van der Waals surface area contributed by atoms with Crippen LogP contribution in [0.15, 0.2) is 48.5 Å². The van der Waals surface area contributed by atoms with Gasteiger partial charge in [0.25, 0.3) is 0 Å². The predicted molar refractivity (Wildman–Crippen MR) is 127 cm³/mol. The number of nitrogen functional groups attached to an aromatic ring is 1. The molecule has 8 heteroatoms. The van der Waals surface area contributed by atoms with E-state index in [1.165, 1.54) is 0 Å². The first-order valence-electron chi connectivity index (χ1n) is 10.6. The lowest BCUT2D eigenvalue weighted by molar-refractivity contribution is -0.143. The number of rotatable bonds is 10. The molecule has 3 aromatic rings. The maximum Gasteiger partial charge on any atom is 0.305 e. The van der Waals surface area contributed by atoms with Crippen LogP contribution in [0.25, 0.3) is 11.3 Å². The highest BCUT2D eigenvalue weighted by Crippen LogP contribution is 2.33. The molecule has 0 saturated carbocycles. The lowest BCUT2D eigenvalue weighted by atomic mass is 10.1. The van der Waals surface area contributed by atoms with Crippen molar-refractivity contribution in [1.82, 2.24) is 9.97 Å². The maximum atomic E-state index is 11.5. The monoisotopic (exact) mass is 454 g/mol. The van der Waals surface area contributed by atoms with Gasteiger partial charge in [-0.05, 0) is 62.6 Å². The molecule has 0 saturated heterocycles. The van der Waals surface area contributed by atoms with Crippen molar-refractivity contribution in [2.45, 2.75) is 33.1 Å². The second-order valence-corrected chi connectivity index (χ2v) is 7.49. The summed E-state index contributed by atoms with van der Waals surface area (Å²) in [6, 6.07) is 15.1. The van der Waals surface area contributed by atoms with Gasteiger partial charge in [-0.3, -0.25) is 4.79 Å². The highest BCUT2D eigenvalue weighted by atomic mass is 35.5. The van der Waals surface area contributed by atoms with Gasteiger partial charge in [-0.25, -0.2) is 4.98 Å². The van der Waals surface area contributed by atoms with Gasteiger partial charge in [0.15, 0.2) is 0 Å². The smallest absolute Gasteiger partial charge is 0.305 e. The van der Waals surface area contributed by atoms with E-state index in [1.54, 1.807) is 18.2 Å². The normalized spacial score (nSPS) is 10.6. The number of nitrogens with zero attached hydrogens (tertiary/aromatic N) is 2. The number of aromatic nitrogens is 2. The Bertz CT molecular complexity index is 1060. The summed E-state index contributed by atoms with van der Waals surface area (Å²) in [5.74, 6) is 1.22. The Balaban J connectivity index is 1.72. The summed E-state index contributed by atoms with van der Waals surface area (Å²) in [5.41, 5.74) is 9.32. The van der Waals surface area contributed by atoms with Gasteiger partial charge in [-0.1, -0.05) is 23.7 Å². The van der Waals surface area contributed by atoms with Crippen molar-refractivity contribution < 1.29 is 14.3 Å². The van der Waals surface area contributed by atoms with Gasteiger partial charge in [0.05, 0.1) is 18.9 Å². The number of aryl methyl sites for hydroxylation is 1. The largest absolute Gasteiger partial charge is 0.493 e. The fourth-order valence-corrected chi connectivity index (χ4v) is 3.40. The van der Waals surface area contributed by atoms with E-state index in [0.717, 1.165) is 29.7 Å². The van der Waals surface area contributed by atoms with Crippen LogP contribution in [-0.2, 0) is 16.0 Å². The quantitative estimate of drug-likeness (QED) is 0.395. The van der Waals surface area contributed by atoms with Crippen molar-refractivity contribution in [3.05, 3.63) is 59.1 Å². The number of nitrogens with two attached hydrogens (primary N) is 1. The number of hydrogen-bond acceptors (Lipinski definition) is 7. The number of nitrogens with one attached hydrogen (secondary N) is 1. The number of carbonyl (C=O) groups excluding carboxylic acids is 1. The molecule has 2 aromatic carbocycles. The molecule has 1 aromatic heterocycles. The molecule has 1 heterocycles. The van der Waals surface area contributed by atoms with Crippen LogP contribution in [0.3, 0.4) is 0 Å². The average Bonchev–Trinajstić information content (AvgIpc) is 2.76. The van der Waals surface area contributed by atoms with Crippen molar-refractivity contribution in [2.75, 3.05) is 24.3 Å². The molecule has 3 rings (SSSR count). The first-order chi connectivity index (χ1) is 15.5. The van der Waals surface area contributed by atoms with E-state index in [1.807, 2.05) is 44.2 Å². The second-order valence-electron chi connectivity index (χ2n) is 7.05. The van der Waals surface area contributed by atoms with E-state index in [4.69, 9.17) is 26.8 Å². The maximum absolute atomic E-state index is 11.5. The zero-order valence-corrected chi connectivity index (χ0v) is 19.0. The molecule has 0 spiro atoms. The molecule has 0 unspecified atom stereocenters. The van der Waals surface area contributed by atoms with E-state index in [9.17, 15) is 4.79 Å². The Kier molecular flexibility index (Phi) is 8.27. The summed E-state index contributed by atoms with van der Waals surface area (Å²) < 4.78 is 10.7. The average molecular weight is 455 g/mol. The number of benzene rings is 2. The Morgan fingerprint density at radius 1 is 1.06 bits per heavy atom. The van der Waals surface area contributed by atoms with Crippen LogP contribution in [0.4, 0.5) is 17.5 Å². The summed E-state index contributed by atoms with van der Waals surface area (Å²) in [7, 11) is 0. The van der Waals surface area contributed by atoms with Gasteiger partial charge in [0, 0.05) is 28.8 Å². The molecular weight excluding hydrogens is 428 g/mol. The van der Waals surface area contributed by atoms with Crippen LogP contribution in [0.1, 0.15) is 32.3 Å². The molecule has 32 heavy (non-hydrogen) atoms. The van der Waals surface area contributed by atoms with Crippen LogP contribution in [0, 0.1) is 0 Å². The fraction of sp³-hybridized carbons (Fsp3) is 0.292. The third kappa shape index (κ3) is 6.59. The molecule has 0 fully saturated rings. The summed E-state index contributed by atoms with van der Waals surface area (Å²) >= 11 is 6.19. The lowest BCUT2D eigenvalue weighted by Gasteiger charge is -2.13. The van der Waals surface area contributed by atoms with Gasteiger partial charge in [0.1, 0.15) is 11.6 Å². The first kappa shape index (κ1) is 23.3. The number of anilines is 3. The van der Waals surface area contributed by atoms with Gasteiger partial charge in [-0.2, -0.15) is 4.98 Å². The molecule has 0 amide bonds. The van der Waals surface area contributed by atoms with Crippen molar-refractivity contribution in [3.8, 4) is 17.0 Å². The minimum Gasteiger partial charge on any atom is -0.493 e. The zero-order valence-electron chi connectivity index (χ0n) is 18.2. The molecule has 0 atom stereocenters. The Morgan fingerprint density at radius 2 is 1.84 bits per heavy atom. The van der Waals surface area contributed by atoms with Gasteiger partial charge in [-0.15, -0.1) is 0 Å². The number of hydrogen-bond donors (Lipinski definition) is 2. The van der Waals surface area contributed by atoms with Crippen molar-refractivity contribution in [1.29, 1.82) is 0 Å². The number of ether oxygens (including phenoxy) is 2. The second kappa shape index (κ2) is 11.3. The van der Waals surface area contributed by atoms with E-state index in [2.05, 4.69) is 15.3 Å². The van der Waals surface area contributed by atoms with Crippen molar-refractivity contribution in [3.63, 3.8) is 0 Å². The van der Waals surface area contributed by atoms with E-state index in [-0.39, 0.29) is 11.9 Å². The minimum absolute atomic E-state index is 0.142. The van der Waals surface area contributed by atoms with Crippen molar-refractivity contribution >= 4 is 35.0 Å². The van der Waals surface area contributed by atoms with E-state index >= 15 is 0 Å². The van der Waals surface area contributed by atoms with Crippen LogP contribution in [0.2, 0.25) is 5.02 Å². The Hall–Kier alpha value is -3.32. The Morgan fingerprint density at radius 3 is 2.56 bits per heavy atom. The molecule has 0 aliphatic rings. The topological polar surface area (TPSA) is 99.4 Å². The molecule has 0 bridgehead atoms. The Labute approximate surface area is 192 Å². The summed E-state index contributed by atoms with van der Waals surface area (Å²) in [4.78, 5) is 20.1. The highest BCUT2D eigenvalue weighted by Gasteiger charge is 2.12.